The Hall–Kier alpha value is -2.60. The van der Waals surface area contributed by atoms with Crippen LogP contribution in [0.15, 0.2) is 107 Å². The minimum Gasteiger partial charge on any atom is -0.0717 e. The summed E-state index contributed by atoms with van der Waals surface area (Å²) >= 11 is 0. The second kappa shape index (κ2) is 10.7. The quantitative estimate of drug-likeness (QED) is 0.321. The van der Waals surface area contributed by atoms with E-state index >= 15 is 0 Å². The molecule has 0 heterocycles. The predicted molar refractivity (Wildman–Crippen MR) is 196 cm³/mol. The monoisotopic (exact) mass is 614 g/mol. The lowest BCUT2D eigenvalue weighted by Crippen LogP contribution is -2.45. The molecule has 0 N–H and O–H groups in total. The molecule has 0 spiro atoms. The molecule has 6 aliphatic rings. The van der Waals surface area contributed by atoms with Crippen molar-refractivity contribution < 1.29 is 0 Å². The van der Waals surface area contributed by atoms with E-state index in [1.54, 1.807) is 0 Å². The fourth-order valence-corrected chi connectivity index (χ4v) is 9.57. The average Bonchev–Trinajstić information content (AvgIpc) is 3.70. The van der Waals surface area contributed by atoms with Gasteiger partial charge in [-0.2, -0.15) is 0 Å². The zero-order valence-electron chi connectivity index (χ0n) is 29.7. The zero-order chi connectivity index (χ0) is 33.0. The van der Waals surface area contributed by atoms with Gasteiger partial charge in [-0.05, 0) is 112 Å². The van der Waals surface area contributed by atoms with Crippen molar-refractivity contribution in [3.8, 4) is 0 Å². The molecule has 0 saturated heterocycles. The van der Waals surface area contributed by atoms with Crippen molar-refractivity contribution in [2.24, 2.45) is 21.7 Å². The molecule has 0 unspecified atom stereocenters. The van der Waals surface area contributed by atoms with Crippen molar-refractivity contribution in [2.45, 2.75) is 86.5 Å². The molecule has 0 amide bonds. The maximum Gasteiger partial charge on any atom is 0.0351 e. The lowest BCUT2D eigenvalue weighted by molar-refractivity contribution is 0.257. The molecule has 0 aromatic heterocycles. The molecule has 0 bridgehead atoms. The smallest absolute Gasteiger partial charge is 0.0351 e. The summed E-state index contributed by atoms with van der Waals surface area (Å²) < 4.78 is 0. The summed E-state index contributed by atoms with van der Waals surface area (Å²) in [4.78, 5) is 0. The molecule has 0 atom stereocenters. The summed E-state index contributed by atoms with van der Waals surface area (Å²) in [7, 11) is 0. The minimum absolute atomic E-state index is 0.117. The Morgan fingerprint density at radius 3 is 1.09 bits per heavy atom. The van der Waals surface area contributed by atoms with Crippen LogP contribution in [0.3, 0.4) is 0 Å². The maximum absolute atomic E-state index is 2.65. The minimum atomic E-state index is -0.489. The standard InChI is InChI=1S/C47H50/c1-43(2)23-25-45(5,6)40-29-36-34(27-38(40)43)35-28-39-41(46(7,8)26-24-44(39,3)4)30-37(35)42(36)47(33-21-15-16-22-33,31-17-11-9-12-18-31)32-19-13-10-14-20-32/h9-22,27-30H,23-26H2,1-8H3. The van der Waals surface area contributed by atoms with Gasteiger partial charge in [-0.25, -0.2) is 0 Å². The Labute approximate surface area is 286 Å². The van der Waals surface area contributed by atoms with Crippen molar-refractivity contribution in [3.63, 3.8) is 0 Å². The highest BCUT2D eigenvalue weighted by Gasteiger charge is 2.64. The second-order valence-electron chi connectivity index (χ2n) is 17.5. The van der Waals surface area contributed by atoms with Crippen molar-refractivity contribution in [3.05, 3.63) is 180 Å². The van der Waals surface area contributed by atoms with Crippen LogP contribution in [0.1, 0.15) is 92.2 Å². The van der Waals surface area contributed by atoms with Crippen LogP contribution in [0.5, 0.6) is 0 Å². The van der Waals surface area contributed by atoms with Gasteiger partial charge in [-0.1, -0.05) is 140 Å². The van der Waals surface area contributed by atoms with E-state index in [-0.39, 0.29) is 21.7 Å². The second-order valence-corrected chi connectivity index (χ2v) is 17.5. The van der Waals surface area contributed by atoms with E-state index < -0.39 is 5.41 Å². The molecule has 0 aliphatic heterocycles. The van der Waals surface area contributed by atoms with Crippen LogP contribution < -0.4 is 0 Å². The largest absolute Gasteiger partial charge is 0.0717 e. The van der Waals surface area contributed by atoms with Gasteiger partial charge >= 0.3 is 0 Å². The normalized spacial score (nSPS) is 27.6. The van der Waals surface area contributed by atoms with Gasteiger partial charge in [0.1, 0.15) is 0 Å². The summed E-state index contributed by atoms with van der Waals surface area (Å²) in [6.07, 6.45) is 24.6. The Kier molecular flexibility index (Phi) is 7.21. The lowest BCUT2D eigenvalue weighted by atomic mass is 9.51. The first-order valence-electron chi connectivity index (χ1n) is 17.9. The summed E-state index contributed by atoms with van der Waals surface area (Å²) in [5, 5.41) is 0. The van der Waals surface area contributed by atoms with E-state index in [0.29, 0.717) is 0 Å². The van der Waals surface area contributed by atoms with Gasteiger partial charge in [0.15, 0.2) is 0 Å². The van der Waals surface area contributed by atoms with E-state index in [0.717, 1.165) is 0 Å². The molecule has 4 saturated carbocycles. The molecule has 0 heteroatoms. The third kappa shape index (κ3) is 4.66. The van der Waals surface area contributed by atoms with E-state index in [1.165, 1.54) is 94.6 Å². The first kappa shape index (κ1) is 31.7. The van der Waals surface area contributed by atoms with Gasteiger partial charge < -0.3 is 0 Å². The predicted octanol–water partition coefficient (Wildman–Crippen LogP) is 11.7. The van der Waals surface area contributed by atoms with Crippen LogP contribution in [-0.2, 0) is 5.41 Å². The van der Waals surface area contributed by atoms with Gasteiger partial charge in [-0.3, -0.25) is 0 Å². The summed E-state index contributed by atoms with van der Waals surface area (Å²) in [6, 6.07) is 22.7. The maximum atomic E-state index is 2.65. The zero-order valence-corrected chi connectivity index (χ0v) is 29.7. The molecule has 2 aromatic rings. The fraction of sp³-hybridized carbons (Fsp3) is 0.362. The van der Waals surface area contributed by atoms with Crippen LogP contribution in [0, 0.1) is 82.9 Å². The Morgan fingerprint density at radius 2 is 0.745 bits per heavy atom. The van der Waals surface area contributed by atoms with E-state index in [1.807, 2.05) is 0 Å². The summed E-state index contributed by atoms with van der Waals surface area (Å²) in [6.45, 7) is 19.7. The van der Waals surface area contributed by atoms with Crippen LogP contribution in [0.4, 0.5) is 0 Å². The van der Waals surface area contributed by atoms with Crippen molar-refractivity contribution in [1.82, 2.24) is 0 Å². The molecule has 47 heavy (non-hydrogen) atoms. The van der Waals surface area contributed by atoms with Gasteiger partial charge in [0.05, 0.1) is 0 Å². The number of hydrogen-bond donors (Lipinski definition) is 0. The SMILES string of the molecule is CC1(C)CCC(C)(C)C2=C[C]3[C](C=C21)[C]1C=C2C(=C[C]1[C]3C([C]1[CH][CH][CH][CH]1)(c1ccccc1)c1ccccc1)C(C)(C)CCC2(C)C. The fourth-order valence-electron chi connectivity index (χ4n) is 9.57. The van der Waals surface area contributed by atoms with Crippen LogP contribution in [0.2, 0.25) is 0 Å². The molecule has 4 fully saturated rings. The van der Waals surface area contributed by atoms with E-state index in [9.17, 15) is 0 Å². The van der Waals surface area contributed by atoms with Gasteiger partial charge in [0, 0.05) is 35.0 Å². The van der Waals surface area contributed by atoms with Gasteiger partial charge in [-0.15, -0.1) is 0 Å². The number of benzene rings is 2. The van der Waals surface area contributed by atoms with Crippen molar-refractivity contribution in [1.29, 1.82) is 0 Å². The molecule has 2 aromatic carbocycles. The number of rotatable bonds is 4. The van der Waals surface area contributed by atoms with Gasteiger partial charge in [0.25, 0.3) is 0 Å². The first-order chi connectivity index (χ1) is 22.3. The van der Waals surface area contributed by atoms with Crippen LogP contribution in [-0.4, -0.2) is 0 Å². The van der Waals surface area contributed by atoms with Crippen LogP contribution in [0.25, 0.3) is 0 Å². The number of fused-ring (bicyclic) bond motifs is 5. The molecule has 6 aliphatic carbocycles. The topological polar surface area (TPSA) is 0 Å². The number of allylic oxidation sites excluding steroid dienone is 8. The summed E-state index contributed by atoms with van der Waals surface area (Å²) in [5.74, 6) is 8.44. The summed E-state index contributed by atoms with van der Waals surface area (Å²) in [5.41, 5.74) is 8.79. The number of hydrogen-bond acceptors (Lipinski definition) is 0. The molecule has 238 valence electrons. The first-order valence-corrected chi connectivity index (χ1v) is 17.9. The molecule has 8 rings (SSSR count). The Balaban J connectivity index is 1.44. The lowest BCUT2D eigenvalue weighted by Gasteiger charge is -2.51. The van der Waals surface area contributed by atoms with Crippen LogP contribution >= 0.6 is 0 Å². The third-order valence-corrected chi connectivity index (χ3v) is 12.7. The van der Waals surface area contributed by atoms with Crippen molar-refractivity contribution in [2.75, 3.05) is 0 Å². The highest BCUT2D eigenvalue weighted by Crippen LogP contribution is 2.72. The molecule has 0 nitrogen and oxygen atoms in total. The molecular weight excluding hydrogens is 565 g/mol. The molecular formula is C47H50. The third-order valence-electron chi connectivity index (χ3n) is 12.7. The highest BCUT2D eigenvalue weighted by molar-refractivity contribution is 5.86. The molecule has 10 radical (unpaired) electrons. The van der Waals surface area contributed by atoms with Crippen molar-refractivity contribution >= 4 is 0 Å². The van der Waals surface area contributed by atoms with E-state index in [2.05, 4.69) is 166 Å². The van der Waals surface area contributed by atoms with Gasteiger partial charge in [0.2, 0.25) is 0 Å². The Morgan fingerprint density at radius 1 is 0.426 bits per heavy atom. The Bertz CT molecular complexity index is 1530. The highest BCUT2D eigenvalue weighted by atomic mass is 14.7. The van der Waals surface area contributed by atoms with E-state index in [4.69, 9.17) is 0 Å². The average molecular weight is 615 g/mol.